The maximum atomic E-state index is 13.1. The van der Waals surface area contributed by atoms with Crippen LogP contribution in [0.2, 0.25) is 0 Å². The molecule has 0 fully saturated rings. The molecule has 0 rings (SSSR count). The summed E-state index contributed by atoms with van der Waals surface area (Å²) in [7, 11) is -9.92. The molecule has 0 aromatic carbocycles. The van der Waals surface area contributed by atoms with Crippen molar-refractivity contribution in [2.75, 3.05) is 39.6 Å². The van der Waals surface area contributed by atoms with E-state index in [0.29, 0.717) is 25.7 Å². The van der Waals surface area contributed by atoms with Gasteiger partial charge in [0.05, 0.1) is 26.4 Å². The summed E-state index contributed by atoms with van der Waals surface area (Å²) in [5.74, 6) is 0.304. The number of rotatable bonds is 78. The molecule has 0 saturated carbocycles. The Hall–Kier alpha value is -1.94. The minimum atomic E-state index is -4.96. The number of aliphatic hydroxyl groups is 1. The van der Waals surface area contributed by atoms with Gasteiger partial charge in [-0.25, -0.2) is 9.13 Å². The summed E-state index contributed by atoms with van der Waals surface area (Å²) >= 11 is 0. The number of carbonyl (C=O) groups is 4. The number of unbranched alkanes of at least 4 members (excludes halogenated alkanes) is 44. The van der Waals surface area contributed by atoms with Crippen LogP contribution in [0.15, 0.2) is 0 Å². The lowest BCUT2D eigenvalue weighted by atomic mass is 9.99. The van der Waals surface area contributed by atoms with E-state index >= 15 is 0 Å². The second kappa shape index (κ2) is 70.4. The molecule has 99 heavy (non-hydrogen) atoms. The summed E-state index contributed by atoms with van der Waals surface area (Å²) in [5, 5.41) is 10.6. The number of phosphoric ester groups is 2. The van der Waals surface area contributed by atoms with E-state index in [0.717, 1.165) is 108 Å². The molecule has 0 aromatic rings. The SMILES string of the molecule is CCCCCCCCCCCCCCCC(=O)O[C@H](COC(=O)CCCCCCCCCCC(C)CC)COP(=O)(O)OC[C@H](O)COP(=O)(O)OC[C@@H](COC(=O)CCCCCCCCCCCCCCCC(C)C)OC(=O)CCCCCCCCCCCCCCCCC(C)CC. The minimum Gasteiger partial charge on any atom is -0.462 e. The van der Waals surface area contributed by atoms with Crippen molar-refractivity contribution in [2.45, 2.75) is 433 Å². The topological polar surface area (TPSA) is 237 Å². The molecule has 0 radical (unpaired) electrons. The van der Waals surface area contributed by atoms with Gasteiger partial charge in [-0.2, -0.15) is 0 Å². The minimum absolute atomic E-state index is 0.107. The first-order chi connectivity index (χ1) is 47.8. The highest BCUT2D eigenvalue weighted by atomic mass is 31.2. The first kappa shape index (κ1) is 97.1. The zero-order chi connectivity index (χ0) is 73.0. The van der Waals surface area contributed by atoms with E-state index in [1.165, 1.54) is 225 Å². The summed E-state index contributed by atoms with van der Waals surface area (Å²) in [5.41, 5.74) is 0. The molecule has 0 heterocycles. The highest BCUT2D eigenvalue weighted by molar-refractivity contribution is 7.47. The van der Waals surface area contributed by atoms with Gasteiger partial charge in [0.15, 0.2) is 12.2 Å². The maximum Gasteiger partial charge on any atom is 0.472 e. The average Bonchev–Trinajstić information content (AvgIpc) is 1.07. The van der Waals surface area contributed by atoms with Crippen LogP contribution < -0.4 is 0 Å². The number of hydrogen-bond acceptors (Lipinski definition) is 15. The lowest BCUT2D eigenvalue weighted by molar-refractivity contribution is -0.161. The Kier molecular flexibility index (Phi) is 69.0. The maximum absolute atomic E-state index is 13.1. The van der Waals surface area contributed by atoms with Crippen LogP contribution in [0.4, 0.5) is 0 Å². The normalized spacial score (nSPS) is 14.5. The first-order valence-corrected chi connectivity index (χ1v) is 44.4. The standard InChI is InChI=1S/C80H156O17P2/c1-8-11-12-13-14-15-16-20-28-33-42-49-56-63-79(84)97-76(68-91-78(83)62-55-48-41-36-35-39-46-53-60-73(7)10-3)70-95-99(88,89)93-66-74(81)65-92-98(86,87)94-69-75(67-90-77(82)61-54-47-40-32-27-24-19-21-25-30-37-44-51-58-71(4)5)96-80(85)64-57-50-43-34-29-23-18-17-22-26-31-38-45-52-59-72(6)9-2/h71-76,81H,8-70H2,1-7H3,(H,86,87)(H,88,89)/t72?,73?,74-,75-,76-/m1/s1. The zero-order valence-corrected chi connectivity index (χ0v) is 66.8. The predicted molar refractivity (Wildman–Crippen MR) is 405 cm³/mol. The molecule has 7 atom stereocenters. The number of carbonyl (C=O) groups excluding carboxylic acids is 4. The Bertz CT molecular complexity index is 1930. The van der Waals surface area contributed by atoms with Gasteiger partial charge in [0.25, 0.3) is 0 Å². The summed E-state index contributed by atoms with van der Waals surface area (Å²) in [6.07, 6.45) is 58.0. The molecule has 0 aliphatic rings. The average molecular weight is 1450 g/mol. The number of phosphoric acid groups is 2. The van der Waals surface area contributed by atoms with Crippen molar-refractivity contribution in [1.82, 2.24) is 0 Å². The molecule has 0 amide bonds. The summed E-state index contributed by atoms with van der Waals surface area (Å²) < 4.78 is 68.7. The van der Waals surface area contributed by atoms with E-state index in [9.17, 15) is 43.2 Å². The van der Waals surface area contributed by atoms with Crippen molar-refractivity contribution < 1.29 is 80.2 Å². The second-order valence-electron chi connectivity index (χ2n) is 29.8. The van der Waals surface area contributed by atoms with Gasteiger partial charge in [-0.3, -0.25) is 37.3 Å². The third kappa shape index (κ3) is 71.5. The summed E-state index contributed by atoms with van der Waals surface area (Å²) in [6, 6.07) is 0. The molecule has 0 aromatic heterocycles. The van der Waals surface area contributed by atoms with Gasteiger partial charge in [-0.1, -0.05) is 363 Å². The van der Waals surface area contributed by atoms with E-state index in [2.05, 4.69) is 48.5 Å². The molecule has 0 aliphatic carbocycles. The van der Waals surface area contributed by atoms with Crippen LogP contribution in [0.3, 0.4) is 0 Å². The van der Waals surface area contributed by atoms with Crippen molar-refractivity contribution in [3.05, 3.63) is 0 Å². The lowest BCUT2D eigenvalue weighted by Gasteiger charge is -2.21. The Morgan fingerprint density at radius 3 is 0.768 bits per heavy atom. The van der Waals surface area contributed by atoms with Gasteiger partial charge >= 0.3 is 39.5 Å². The molecule has 17 nitrogen and oxygen atoms in total. The highest BCUT2D eigenvalue weighted by Crippen LogP contribution is 2.45. The van der Waals surface area contributed by atoms with Crippen LogP contribution in [-0.4, -0.2) is 96.7 Å². The van der Waals surface area contributed by atoms with Crippen molar-refractivity contribution in [3.8, 4) is 0 Å². The molecule has 0 aliphatic heterocycles. The van der Waals surface area contributed by atoms with E-state index < -0.39 is 97.5 Å². The van der Waals surface area contributed by atoms with Gasteiger partial charge < -0.3 is 33.8 Å². The number of aliphatic hydroxyl groups excluding tert-OH is 1. The molecule has 588 valence electrons. The van der Waals surface area contributed by atoms with E-state index in [4.69, 9.17) is 37.0 Å². The molecule has 4 unspecified atom stereocenters. The molecular formula is C80H156O17P2. The van der Waals surface area contributed by atoms with Crippen LogP contribution in [0.5, 0.6) is 0 Å². The molecule has 19 heteroatoms. The molecule has 3 N–H and O–H groups in total. The van der Waals surface area contributed by atoms with Crippen LogP contribution in [0, 0.1) is 17.8 Å². The second-order valence-corrected chi connectivity index (χ2v) is 32.7. The Morgan fingerprint density at radius 2 is 0.515 bits per heavy atom. The summed E-state index contributed by atoms with van der Waals surface area (Å²) in [4.78, 5) is 73.0. The van der Waals surface area contributed by atoms with Gasteiger partial charge in [-0.05, 0) is 43.4 Å². The third-order valence-corrected chi connectivity index (χ3v) is 21.3. The molecular weight excluding hydrogens is 1290 g/mol. The fraction of sp³-hybridized carbons (Fsp3) is 0.950. The van der Waals surface area contributed by atoms with Crippen LogP contribution in [-0.2, 0) is 65.4 Å². The first-order valence-electron chi connectivity index (χ1n) is 41.4. The largest absolute Gasteiger partial charge is 0.472 e. The van der Waals surface area contributed by atoms with Gasteiger partial charge in [0.1, 0.15) is 19.3 Å². The van der Waals surface area contributed by atoms with Crippen molar-refractivity contribution in [1.29, 1.82) is 0 Å². The molecule has 0 bridgehead atoms. The predicted octanol–water partition coefficient (Wildman–Crippen LogP) is 23.7. The summed E-state index contributed by atoms with van der Waals surface area (Å²) in [6.45, 7) is 12.0. The lowest BCUT2D eigenvalue weighted by Crippen LogP contribution is -2.30. The van der Waals surface area contributed by atoms with E-state index in [1.54, 1.807) is 0 Å². The molecule has 0 spiro atoms. The van der Waals surface area contributed by atoms with Gasteiger partial charge in [0.2, 0.25) is 0 Å². The Balaban J connectivity index is 5.27. The monoisotopic (exact) mass is 1450 g/mol. The van der Waals surface area contributed by atoms with Crippen LogP contribution in [0.25, 0.3) is 0 Å². The number of esters is 4. The Labute approximate surface area is 607 Å². The van der Waals surface area contributed by atoms with Gasteiger partial charge in [-0.15, -0.1) is 0 Å². The Morgan fingerprint density at radius 1 is 0.293 bits per heavy atom. The van der Waals surface area contributed by atoms with Crippen molar-refractivity contribution >= 4 is 39.5 Å². The quantitative estimate of drug-likeness (QED) is 0.0222. The third-order valence-electron chi connectivity index (χ3n) is 19.4. The zero-order valence-electron chi connectivity index (χ0n) is 65.0. The molecule has 0 saturated heterocycles. The van der Waals surface area contributed by atoms with Crippen molar-refractivity contribution in [2.24, 2.45) is 17.8 Å². The van der Waals surface area contributed by atoms with Crippen LogP contribution in [0.1, 0.15) is 414 Å². The van der Waals surface area contributed by atoms with Crippen molar-refractivity contribution in [3.63, 3.8) is 0 Å². The van der Waals surface area contributed by atoms with Gasteiger partial charge in [0, 0.05) is 25.7 Å². The fourth-order valence-electron chi connectivity index (χ4n) is 12.2. The fourth-order valence-corrected chi connectivity index (χ4v) is 13.8. The number of hydrogen-bond donors (Lipinski definition) is 3. The van der Waals surface area contributed by atoms with E-state index in [1.807, 2.05) is 0 Å². The van der Waals surface area contributed by atoms with E-state index in [-0.39, 0.29) is 25.7 Å². The van der Waals surface area contributed by atoms with Crippen LogP contribution >= 0.6 is 15.6 Å². The highest BCUT2D eigenvalue weighted by Gasteiger charge is 2.30. The smallest absolute Gasteiger partial charge is 0.462 e. The number of ether oxygens (including phenoxy) is 4.